The highest BCUT2D eigenvalue weighted by molar-refractivity contribution is 6.42. The maximum Gasteiger partial charge on any atom is 0.323 e. The highest BCUT2D eigenvalue weighted by atomic mass is 35.5. The molecule has 0 aliphatic carbocycles. The second-order valence-corrected chi connectivity index (χ2v) is 4.77. The number of nitrogens with one attached hydrogen (secondary N) is 1. The van der Waals surface area contributed by atoms with Gasteiger partial charge in [-0.05, 0) is 18.2 Å². The van der Waals surface area contributed by atoms with Crippen LogP contribution < -0.4 is 5.32 Å². The minimum absolute atomic E-state index is 0.230. The van der Waals surface area contributed by atoms with E-state index in [0.717, 1.165) is 4.90 Å². The average molecular weight is 319 g/mol. The van der Waals surface area contributed by atoms with Gasteiger partial charge >= 0.3 is 5.97 Å². The highest BCUT2D eigenvalue weighted by Crippen LogP contribution is 2.22. The van der Waals surface area contributed by atoms with Crippen molar-refractivity contribution in [1.29, 1.82) is 0 Å². The molecule has 1 aromatic rings. The SMILES string of the molecule is CN(CC(=O)O)C(=O)CNC(=O)c1ccc(Cl)c(Cl)c1. The summed E-state index contributed by atoms with van der Waals surface area (Å²) < 4.78 is 0. The zero-order valence-electron chi connectivity index (χ0n) is 10.5. The van der Waals surface area contributed by atoms with E-state index < -0.39 is 24.3 Å². The molecule has 0 aromatic heterocycles. The lowest BCUT2D eigenvalue weighted by atomic mass is 10.2. The molecule has 0 aliphatic heterocycles. The average Bonchev–Trinajstić information content (AvgIpc) is 2.37. The number of carbonyl (C=O) groups is 3. The molecule has 2 amide bonds. The molecule has 0 aliphatic rings. The van der Waals surface area contributed by atoms with Crippen LogP contribution in [0.2, 0.25) is 10.0 Å². The Hall–Kier alpha value is -1.79. The van der Waals surface area contributed by atoms with Gasteiger partial charge in [-0.3, -0.25) is 14.4 Å². The molecule has 1 aromatic carbocycles. The van der Waals surface area contributed by atoms with Crippen molar-refractivity contribution in [2.45, 2.75) is 0 Å². The Labute approximate surface area is 125 Å². The highest BCUT2D eigenvalue weighted by Gasteiger charge is 2.14. The van der Waals surface area contributed by atoms with Crippen molar-refractivity contribution in [3.63, 3.8) is 0 Å². The summed E-state index contributed by atoms with van der Waals surface area (Å²) in [7, 11) is 1.34. The predicted molar refractivity (Wildman–Crippen MR) is 74.1 cm³/mol. The first kappa shape index (κ1) is 16.3. The Bertz CT molecular complexity index is 548. The van der Waals surface area contributed by atoms with Crippen LogP contribution in [0.4, 0.5) is 0 Å². The van der Waals surface area contributed by atoms with Gasteiger partial charge in [-0.15, -0.1) is 0 Å². The Balaban J connectivity index is 2.56. The van der Waals surface area contributed by atoms with E-state index in [2.05, 4.69) is 5.32 Å². The maximum atomic E-state index is 11.8. The summed E-state index contributed by atoms with van der Waals surface area (Å²) in [5.74, 6) is -2.14. The molecular formula is C12H12Cl2N2O4. The van der Waals surface area contributed by atoms with E-state index in [-0.39, 0.29) is 17.1 Å². The number of benzene rings is 1. The van der Waals surface area contributed by atoms with Crippen LogP contribution in [-0.2, 0) is 9.59 Å². The zero-order valence-corrected chi connectivity index (χ0v) is 12.0. The van der Waals surface area contributed by atoms with Crippen molar-refractivity contribution in [2.24, 2.45) is 0 Å². The monoisotopic (exact) mass is 318 g/mol. The van der Waals surface area contributed by atoms with Crippen molar-refractivity contribution in [3.05, 3.63) is 33.8 Å². The van der Waals surface area contributed by atoms with Gasteiger partial charge < -0.3 is 15.3 Å². The quantitative estimate of drug-likeness (QED) is 0.855. The van der Waals surface area contributed by atoms with E-state index in [9.17, 15) is 14.4 Å². The van der Waals surface area contributed by atoms with Crippen LogP contribution in [0.3, 0.4) is 0 Å². The molecule has 0 fully saturated rings. The van der Waals surface area contributed by atoms with E-state index in [4.69, 9.17) is 28.3 Å². The van der Waals surface area contributed by atoms with Gasteiger partial charge in [-0.2, -0.15) is 0 Å². The van der Waals surface area contributed by atoms with E-state index in [1.807, 2.05) is 0 Å². The molecule has 2 N–H and O–H groups in total. The molecule has 0 unspecified atom stereocenters. The van der Waals surface area contributed by atoms with Crippen molar-refractivity contribution in [1.82, 2.24) is 10.2 Å². The number of hydrogen-bond donors (Lipinski definition) is 2. The maximum absolute atomic E-state index is 11.8. The number of hydrogen-bond acceptors (Lipinski definition) is 3. The van der Waals surface area contributed by atoms with Crippen molar-refractivity contribution in [3.8, 4) is 0 Å². The normalized spacial score (nSPS) is 9.95. The molecule has 1 rings (SSSR count). The number of carboxylic acid groups (broad SMARTS) is 1. The molecule has 0 saturated carbocycles. The molecule has 108 valence electrons. The minimum atomic E-state index is -1.13. The summed E-state index contributed by atoms with van der Waals surface area (Å²) in [4.78, 5) is 34.7. The Morgan fingerprint density at radius 1 is 1.25 bits per heavy atom. The fourth-order valence-electron chi connectivity index (χ4n) is 1.32. The Morgan fingerprint density at radius 2 is 1.90 bits per heavy atom. The van der Waals surface area contributed by atoms with Crippen molar-refractivity contribution >= 4 is 41.0 Å². The summed E-state index contributed by atoms with van der Waals surface area (Å²) in [5, 5.41) is 11.5. The van der Waals surface area contributed by atoms with Gasteiger partial charge in [0.15, 0.2) is 0 Å². The number of halogens is 2. The third kappa shape index (κ3) is 4.71. The number of amides is 2. The van der Waals surface area contributed by atoms with E-state index >= 15 is 0 Å². The molecule has 0 atom stereocenters. The Morgan fingerprint density at radius 3 is 2.45 bits per heavy atom. The number of aliphatic carboxylic acids is 1. The summed E-state index contributed by atoms with van der Waals surface area (Å²) in [5.41, 5.74) is 0.257. The standard InChI is InChI=1S/C12H12Cl2N2O4/c1-16(6-11(18)19)10(17)5-15-12(20)7-2-3-8(13)9(14)4-7/h2-4H,5-6H2,1H3,(H,15,20)(H,18,19). The summed E-state index contributed by atoms with van der Waals surface area (Å²) in [6.07, 6.45) is 0. The van der Waals surface area contributed by atoms with Crippen LogP contribution in [0.15, 0.2) is 18.2 Å². The predicted octanol–water partition coefficient (Wildman–Crippen LogP) is 1.27. The first-order chi connectivity index (χ1) is 9.31. The van der Waals surface area contributed by atoms with Gasteiger partial charge in [-0.1, -0.05) is 23.2 Å². The zero-order chi connectivity index (χ0) is 15.3. The van der Waals surface area contributed by atoms with Crippen LogP contribution in [0.25, 0.3) is 0 Å². The topological polar surface area (TPSA) is 86.7 Å². The molecule has 0 radical (unpaired) electrons. The molecule has 0 spiro atoms. The van der Waals surface area contributed by atoms with Gasteiger partial charge in [-0.25, -0.2) is 0 Å². The van der Waals surface area contributed by atoms with Gasteiger partial charge in [0.2, 0.25) is 5.91 Å². The first-order valence-corrected chi connectivity index (χ1v) is 6.26. The second kappa shape index (κ2) is 7.12. The van der Waals surface area contributed by atoms with Crippen LogP contribution >= 0.6 is 23.2 Å². The first-order valence-electron chi connectivity index (χ1n) is 5.50. The molecule has 6 nitrogen and oxygen atoms in total. The van der Waals surface area contributed by atoms with Crippen LogP contribution in [0.1, 0.15) is 10.4 Å². The molecule has 0 saturated heterocycles. The number of carbonyl (C=O) groups excluding carboxylic acids is 2. The van der Waals surface area contributed by atoms with E-state index in [1.165, 1.54) is 25.2 Å². The fraction of sp³-hybridized carbons (Fsp3) is 0.250. The van der Waals surface area contributed by atoms with Crippen LogP contribution in [-0.4, -0.2) is 47.9 Å². The van der Waals surface area contributed by atoms with Gasteiger partial charge in [0, 0.05) is 12.6 Å². The summed E-state index contributed by atoms with van der Waals surface area (Å²) in [6.45, 7) is -0.732. The molecule has 0 bridgehead atoms. The van der Waals surface area contributed by atoms with Crippen molar-refractivity contribution < 1.29 is 19.5 Å². The number of nitrogens with zero attached hydrogens (tertiary/aromatic N) is 1. The number of rotatable bonds is 5. The third-order valence-electron chi connectivity index (χ3n) is 2.38. The molecule has 8 heteroatoms. The van der Waals surface area contributed by atoms with Crippen LogP contribution in [0, 0.1) is 0 Å². The molecule has 0 heterocycles. The number of carboxylic acids is 1. The molecular weight excluding hydrogens is 307 g/mol. The minimum Gasteiger partial charge on any atom is -0.480 e. The van der Waals surface area contributed by atoms with E-state index in [1.54, 1.807) is 0 Å². The van der Waals surface area contributed by atoms with Gasteiger partial charge in [0.05, 0.1) is 16.6 Å². The lowest BCUT2D eigenvalue weighted by molar-refractivity contribution is -0.143. The summed E-state index contributed by atoms with van der Waals surface area (Å²) >= 11 is 11.5. The third-order valence-corrected chi connectivity index (χ3v) is 3.12. The number of likely N-dealkylation sites (N-methyl/N-ethyl adjacent to an activating group) is 1. The lowest BCUT2D eigenvalue weighted by Gasteiger charge is -2.14. The Kier molecular flexibility index (Phi) is 5.79. The van der Waals surface area contributed by atoms with Gasteiger partial charge in [0.25, 0.3) is 5.91 Å². The second-order valence-electron chi connectivity index (χ2n) is 3.96. The largest absolute Gasteiger partial charge is 0.480 e. The smallest absolute Gasteiger partial charge is 0.323 e. The van der Waals surface area contributed by atoms with E-state index in [0.29, 0.717) is 5.02 Å². The van der Waals surface area contributed by atoms with Crippen LogP contribution in [0.5, 0.6) is 0 Å². The summed E-state index contributed by atoms with van der Waals surface area (Å²) in [6, 6.07) is 4.32. The van der Waals surface area contributed by atoms with Gasteiger partial charge in [0.1, 0.15) is 6.54 Å². The lowest BCUT2D eigenvalue weighted by Crippen LogP contribution is -2.40. The molecule has 20 heavy (non-hydrogen) atoms. The van der Waals surface area contributed by atoms with Crippen molar-refractivity contribution in [2.75, 3.05) is 20.1 Å². The fourth-order valence-corrected chi connectivity index (χ4v) is 1.62.